The third-order valence-corrected chi connectivity index (χ3v) is 5.47. The first-order valence-corrected chi connectivity index (χ1v) is 10.2. The lowest BCUT2D eigenvalue weighted by Gasteiger charge is -2.17. The van der Waals surface area contributed by atoms with Gasteiger partial charge in [-0.2, -0.15) is 5.10 Å². The highest BCUT2D eigenvalue weighted by Crippen LogP contribution is 2.41. The Morgan fingerprint density at radius 3 is 2.16 bits per heavy atom. The van der Waals surface area contributed by atoms with Crippen LogP contribution >= 0.6 is 11.6 Å². The normalized spacial score (nSPS) is 11.0. The number of halogens is 1. The Morgan fingerprint density at radius 2 is 1.59 bits per heavy atom. The maximum absolute atomic E-state index is 13.4. The van der Waals surface area contributed by atoms with Gasteiger partial charge in [0.1, 0.15) is 0 Å². The smallest absolute Gasteiger partial charge is 0.453 e. The van der Waals surface area contributed by atoms with Gasteiger partial charge in [-0.3, -0.25) is 4.79 Å². The lowest BCUT2D eigenvalue weighted by molar-refractivity contribution is 0.0150. The molecule has 0 atom stereocenters. The molecule has 3 aromatic carbocycles. The minimum atomic E-state index is -0.915. The van der Waals surface area contributed by atoms with Gasteiger partial charge in [0.15, 0.2) is 10.9 Å². The molecule has 0 fully saturated rings. The van der Waals surface area contributed by atoms with Crippen molar-refractivity contribution in [2.75, 3.05) is 13.9 Å². The summed E-state index contributed by atoms with van der Waals surface area (Å²) in [5, 5.41) is 7.70. The molecular weight excluding hydrogens is 432 g/mol. The predicted octanol–water partition coefficient (Wildman–Crippen LogP) is 5.14. The van der Waals surface area contributed by atoms with Crippen molar-refractivity contribution in [3.8, 4) is 16.9 Å². The quantitative estimate of drug-likeness (QED) is 0.242. The van der Waals surface area contributed by atoms with E-state index in [9.17, 15) is 9.59 Å². The maximum Gasteiger partial charge on any atom is 0.510 e. The van der Waals surface area contributed by atoms with Gasteiger partial charge >= 0.3 is 6.16 Å². The molecule has 164 valence electrons. The average Bonchev–Trinajstić information content (AvgIpc) is 2.76. The number of carbonyl (C=O) groups is 1. The fraction of sp³-hybridized carbons (Fsp3) is 0.208. The van der Waals surface area contributed by atoms with Gasteiger partial charge in [0, 0.05) is 12.6 Å². The lowest BCUT2D eigenvalue weighted by atomic mass is 9.91. The van der Waals surface area contributed by atoms with E-state index >= 15 is 0 Å². The van der Waals surface area contributed by atoms with Gasteiger partial charge < -0.3 is 14.2 Å². The third-order valence-electron chi connectivity index (χ3n) is 5.22. The molecule has 0 saturated heterocycles. The molecule has 0 aliphatic heterocycles. The van der Waals surface area contributed by atoms with E-state index in [-0.39, 0.29) is 22.0 Å². The van der Waals surface area contributed by atoms with Crippen LogP contribution in [0.5, 0.6) is 5.75 Å². The minimum Gasteiger partial charge on any atom is -0.453 e. The van der Waals surface area contributed by atoms with Gasteiger partial charge in [0.05, 0.1) is 12.7 Å². The number of fused-ring (bicyclic) bond motifs is 2. The molecule has 0 aliphatic rings. The van der Waals surface area contributed by atoms with Crippen LogP contribution in [0.1, 0.15) is 11.1 Å². The van der Waals surface area contributed by atoms with Gasteiger partial charge in [0.25, 0.3) is 5.56 Å². The van der Waals surface area contributed by atoms with E-state index in [1.54, 1.807) is 0 Å². The van der Waals surface area contributed by atoms with Crippen molar-refractivity contribution in [3.05, 3.63) is 69.1 Å². The monoisotopic (exact) mass is 452 g/mol. The number of aromatic nitrogens is 2. The zero-order chi connectivity index (χ0) is 23.0. The molecule has 1 heterocycles. The predicted molar refractivity (Wildman–Crippen MR) is 123 cm³/mol. The highest BCUT2D eigenvalue weighted by molar-refractivity contribution is 6.31. The number of hydrogen-bond acceptors (Lipinski definition) is 6. The van der Waals surface area contributed by atoms with Crippen LogP contribution in [0.3, 0.4) is 0 Å². The van der Waals surface area contributed by atoms with E-state index in [0.717, 1.165) is 32.7 Å². The van der Waals surface area contributed by atoms with Crippen LogP contribution in [0.2, 0.25) is 5.15 Å². The Hall–Kier alpha value is -3.58. The summed E-state index contributed by atoms with van der Waals surface area (Å²) in [5.41, 5.74) is 2.62. The van der Waals surface area contributed by atoms with E-state index in [4.69, 9.17) is 21.1 Å². The largest absolute Gasteiger partial charge is 0.510 e. The molecule has 0 radical (unpaired) electrons. The highest BCUT2D eigenvalue weighted by Gasteiger charge is 2.23. The third kappa shape index (κ3) is 3.87. The Morgan fingerprint density at radius 1 is 1.00 bits per heavy atom. The van der Waals surface area contributed by atoms with E-state index in [1.165, 1.54) is 18.8 Å². The van der Waals surface area contributed by atoms with Crippen LogP contribution in [-0.4, -0.2) is 29.8 Å². The summed E-state index contributed by atoms with van der Waals surface area (Å²) in [6, 6.07) is 14.2. The van der Waals surface area contributed by atoms with Crippen molar-refractivity contribution in [2.24, 2.45) is 7.05 Å². The van der Waals surface area contributed by atoms with E-state index in [0.29, 0.717) is 5.56 Å². The maximum atomic E-state index is 13.4. The lowest BCUT2D eigenvalue weighted by Crippen LogP contribution is -2.23. The Bertz CT molecular complexity index is 1370. The van der Waals surface area contributed by atoms with Crippen LogP contribution in [0.4, 0.5) is 4.79 Å². The first-order chi connectivity index (χ1) is 15.3. The molecule has 0 N–H and O–H groups in total. The second kappa shape index (κ2) is 8.51. The molecule has 1 aromatic heterocycles. The molecule has 32 heavy (non-hydrogen) atoms. The standard InChI is InChI=1S/C24H21ClN2O5/c1-13-5-7-15-11-16-8-6-14(2)10-18(16)19(17(15)9-13)20-21(31-12-32-24(29)30-4)22(25)26-27(3)23(20)28/h5-11H,12H2,1-4H3. The van der Waals surface area contributed by atoms with E-state index in [1.807, 2.05) is 50.2 Å². The van der Waals surface area contributed by atoms with E-state index < -0.39 is 12.9 Å². The minimum absolute atomic E-state index is 0.0268. The number of benzene rings is 3. The van der Waals surface area contributed by atoms with Crippen molar-refractivity contribution in [1.29, 1.82) is 0 Å². The van der Waals surface area contributed by atoms with E-state index in [2.05, 4.69) is 15.9 Å². The molecule has 7 nitrogen and oxygen atoms in total. The number of ether oxygens (including phenoxy) is 3. The van der Waals surface area contributed by atoms with Crippen LogP contribution in [0.15, 0.2) is 47.3 Å². The average molecular weight is 453 g/mol. The molecule has 0 amide bonds. The molecule has 4 rings (SSSR count). The van der Waals surface area contributed by atoms with Gasteiger partial charge in [-0.25, -0.2) is 9.48 Å². The number of nitrogens with zero attached hydrogens (tertiary/aromatic N) is 2. The Kier molecular flexibility index (Phi) is 5.76. The molecular formula is C24H21ClN2O5. The summed E-state index contributed by atoms with van der Waals surface area (Å²) >= 11 is 6.40. The first kappa shape index (κ1) is 21.6. The number of carbonyl (C=O) groups excluding carboxylic acids is 1. The van der Waals surface area contributed by atoms with Crippen molar-refractivity contribution >= 4 is 39.3 Å². The molecule has 8 heteroatoms. The fourth-order valence-corrected chi connectivity index (χ4v) is 4.00. The summed E-state index contributed by atoms with van der Waals surface area (Å²) in [6.07, 6.45) is -0.915. The zero-order valence-corrected chi connectivity index (χ0v) is 18.8. The van der Waals surface area contributed by atoms with Gasteiger partial charge in [0.2, 0.25) is 6.79 Å². The fourth-order valence-electron chi connectivity index (χ4n) is 3.74. The molecule has 0 spiro atoms. The summed E-state index contributed by atoms with van der Waals surface area (Å²) in [4.78, 5) is 24.7. The molecule has 4 aromatic rings. The Labute approximate surface area is 189 Å². The van der Waals surface area contributed by atoms with Crippen molar-refractivity contribution in [1.82, 2.24) is 9.78 Å². The van der Waals surface area contributed by atoms with Crippen molar-refractivity contribution in [3.63, 3.8) is 0 Å². The number of methoxy groups -OCH3 is 1. The second-order valence-corrected chi connectivity index (χ2v) is 7.84. The number of rotatable bonds is 4. The zero-order valence-electron chi connectivity index (χ0n) is 18.1. The summed E-state index contributed by atoms with van der Waals surface area (Å²) < 4.78 is 16.1. The number of hydrogen-bond donors (Lipinski definition) is 0. The first-order valence-electron chi connectivity index (χ1n) is 9.84. The van der Waals surface area contributed by atoms with Gasteiger partial charge in [-0.15, -0.1) is 0 Å². The Balaban J connectivity index is 2.08. The number of aryl methyl sites for hydroxylation is 3. The van der Waals surface area contributed by atoms with Gasteiger partial charge in [-0.05, 0) is 41.5 Å². The van der Waals surface area contributed by atoms with Crippen LogP contribution in [-0.2, 0) is 16.5 Å². The van der Waals surface area contributed by atoms with Crippen LogP contribution in [0.25, 0.3) is 32.7 Å². The van der Waals surface area contributed by atoms with Crippen LogP contribution < -0.4 is 10.3 Å². The molecule has 0 saturated carbocycles. The second-order valence-electron chi connectivity index (χ2n) is 7.49. The topological polar surface area (TPSA) is 79.7 Å². The van der Waals surface area contributed by atoms with Crippen molar-refractivity contribution < 1.29 is 19.0 Å². The van der Waals surface area contributed by atoms with Crippen LogP contribution in [0, 0.1) is 13.8 Å². The molecule has 0 bridgehead atoms. The summed E-state index contributed by atoms with van der Waals surface area (Å²) in [6.45, 7) is 3.49. The summed E-state index contributed by atoms with van der Waals surface area (Å²) in [7, 11) is 2.71. The molecule has 0 unspecified atom stereocenters. The summed E-state index contributed by atoms with van der Waals surface area (Å²) in [5.74, 6) is 0.0375. The highest BCUT2D eigenvalue weighted by atomic mass is 35.5. The SMILES string of the molecule is COC(=O)OCOc1c(Cl)nn(C)c(=O)c1-c1c2cc(C)ccc2cc2ccc(C)cc12. The van der Waals surface area contributed by atoms with Gasteiger partial charge in [-0.1, -0.05) is 59.1 Å². The van der Waals surface area contributed by atoms with Crippen molar-refractivity contribution in [2.45, 2.75) is 13.8 Å². The molecule has 0 aliphatic carbocycles.